The fourth-order valence-corrected chi connectivity index (χ4v) is 9.77. The first kappa shape index (κ1) is 21.9. The topological polar surface area (TPSA) is 69.7 Å². The average Bonchev–Trinajstić information content (AvgIpc) is 3.07. The zero-order valence-corrected chi connectivity index (χ0v) is 20.0. The van der Waals surface area contributed by atoms with Crippen LogP contribution in [0.4, 0.5) is 0 Å². The Balaban J connectivity index is 1.37. The number of esters is 1. The van der Waals surface area contributed by atoms with Gasteiger partial charge in [0.15, 0.2) is 0 Å². The van der Waals surface area contributed by atoms with Gasteiger partial charge in [0.1, 0.15) is 6.10 Å². The molecule has 31 heavy (non-hydrogen) atoms. The first-order valence-corrected chi connectivity index (χ1v) is 14.2. The maximum Gasteiger partial charge on any atom is 0.302 e. The maximum atomic E-state index is 11.9. The van der Waals surface area contributed by atoms with Crippen LogP contribution in [0.5, 0.6) is 0 Å². The number of allylic oxidation sites excluding steroid dienone is 1. The summed E-state index contributed by atoms with van der Waals surface area (Å²) in [5.41, 5.74) is 0.479. The molecule has 0 N–H and O–H groups in total. The van der Waals surface area contributed by atoms with Crippen molar-refractivity contribution in [1.29, 1.82) is 0 Å². The molecule has 0 amide bonds. The van der Waals surface area contributed by atoms with E-state index in [1.807, 2.05) is 0 Å². The number of carbonyl (C=O) groups excluding carboxylic acids is 1. The molecule has 1 spiro atoms. The zero-order valence-electron chi connectivity index (χ0n) is 19.2. The molecule has 0 aliphatic heterocycles. The molecule has 0 saturated heterocycles. The summed E-state index contributed by atoms with van der Waals surface area (Å²) in [6, 6.07) is 0. The lowest BCUT2D eigenvalue weighted by atomic mass is 9.44. The summed E-state index contributed by atoms with van der Waals surface area (Å²) in [7, 11) is -3.44. The van der Waals surface area contributed by atoms with Crippen LogP contribution < -0.4 is 0 Å². The van der Waals surface area contributed by atoms with Crippen LogP contribution in [-0.2, 0) is 23.8 Å². The van der Waals surface area contributed by atoms with Gasteiger partial charge in [-0.15, -0.1) is 0 Å². The minimum Gasteiger partial charge on any atom is -0.463 e. The van der Waals surface area contributed by atoms with Gasteiger partial charge in [-0.25, -0.2) is 0 Å². The molecule has 4 fully saturated rings. The highest BCUT2D eigenvalue weighted by atomic mass is 32.2. The fourth-order valence-electron chi connectivity index (χ4n) is 9.11. The van der Waals surface area contributed by atoms with E-state index in [2.05, 4.69) is 19.1 Å². The van der Waals surface area contributed by atoms with Crippen molar-refractivity contribution in [2.45, 2.75) is 90.3 Å². The van der Waals surface area contributed by atoms with Crippen molar-refractivity contribution in [1.82, 2.24) is 0 Å². The zero-order chi connectivity index (χ0) is 22.0. The summed E-state index contributed by atoms with van der Waals surface area (Å²) in [5, 5.41) is 0. The van der Waals surface area contributed by atoms with E-state index in [9.17, 15) is 13.2 Å². The van der Waals surface area contributed by atoms with Crippen LogP contribution in [-0.4, -0.2) is 32.9 Å². The second kappa shape index (κ2) is 7.58. The van der Waals surface area contributed by atoms with Crippen LogP contribution in [0.1, 0.15) is 78.1 Å². The van der Waals surface area contributed by atoms with E-state index in [1.165, 1.54) is 45.3 Å². The standard InChI is InChI=1S/C25H38O5S/c1-16(26)29-18-10-13-24(2)17(15-18)6-7-19-20(24)11-14-25-12-4-5-23(30-31(3,27)28)22(25)9-8-21(19)25/h4,12,17-23H,5-11,13-15H2,1-3H3/t17-,18+,19?,20?,21?,22+,23?,24-,25-/m0/s1. The van der Waals surface area contributed by atoms with Gasteiger partial charge >= 0.3 is 5.97 Å². The number of hydrogen-bond donors (Lipinski definition) is 0. The molecule has 5 aliphatic carbocycles. The number of carbonyl (C=O) groups is 1. The average molecular weight is 451 g/mol. The minimum absolute atomic E-state index is 0.105. The number of rotatable bonds is 3. The molecular weight excluding hydrogens is 412 g/mol. The van der Waals surface area contributed by atoms with Crippen LogP contribution in [0.3, 0.4) is 0 Å². The molecule has 0 radical (unpaired) electrons. The van der Waals surface area contributed by atoms with Crippen molar-refractivity contribution in [3.63, 3.8) is 0 Å². The molecule has 0 bridgehead atoms. The van der Waals surface area contributed by atoms with Gasteiger partial charge in [0.2, 0.25) is 0 Å². The summed E-state index contributed by atoms with van der Waals surface area (Å²) in [5.74, 6) is 2.97. The molecular formula is C25H38O5S. The molecule has 5 nitrogen and oxygen atoms in total. The van der Waals surface area contributed by atoms with Crippen molar-refractivity contribution < 1.29 is 22.1 Å². The Kier molecular flexibility index (Phi) is 5.36. The Morgan fingerprint density at radius 1 is 1.00 bits per heavy atom. The van der Waals surface area contributed by atoms with Crippen LogP contribution in [0, 0.1) is 40.4 Å². The Hall–Kier alpha value is -0.880. The predicted molar refractivity (Wildman–Crippen MR) is 119 cm³/mol. The highest BCUT2D eigenvalue weighted by molar-refractivity contribution is 7.86. The van der Waals surface area contributed by atoms with E-state index >= 15 is 0 Å². The van der Waals surface area contributed by atoms with Gasteiger partial charge in [0.25, 0.3) is 10.1 Å². The van der Waals surface area contributed by atoms with E-state index in [1.54, 1.807) is 0 Å². The number of fused-ring (bicyclic) bond motifs is 4. The Morgan fingerprint density at radius 2 is 1.77 bits per heavy atom. The van der Waals surface area contributed by atoms with Gasteiger partial charge in [-0.2, -0.15) is 8.42 Å². The molecule has 5 aliphatic rings. The first-order chi connectivity index (χ1) is 14.6. The molecule has 0 aromatic heterocycles. The molecule has 0 aromatic carbocycles. The third kappa shape index (κ3) is 3.60. The van der Waals surface area contributed by atoms with Crippen LogP contribution in [0.25, 0.3) is 0 Å². The van der Waals surface area contributed by atoms with Crippen molar-refractivity contribution in [2.75, 3.05) is 6.26 Å². The SMILES string of the molecule is CC(=O)O[C@@H]1CC[C@]2(C)C3CC[C@]45C=CCC(OS(C)(=O)=O)[C@H]4CCC5C3CC[C@H]2C1. The summed E-state index contributed by atoms with van der Waals surface area (Å²) in [4.78, 5) is 11.5. The smallest absolute Gasteiger partial charge is 0.302 e. The van der Waals surface area contributed by atoms with E-state index < -0.39 is 10.1 Å². The van der Waals surface area contributed by atoms with Gasteiger partial charge in [-0.3, -0.25) is 8.98 Å². The lowest BCUT2D eigenvalue weighted by Crippen LogP contribution is -2.55. The molecule has 9 atom stereocenters. The molecule has 4 saturated carbocycles. The lowest BCUT2D eigenvalue weighted by Gasteiger charge is -2.61. The van der Waals surface area contributed by atoms with Crippen molar-refractivity contribution in [3.8, 4) is 0 Å². The van der Waals surface area contributed by atoms with Crippen molar-refractivity contribution in [3.05, 3.63) is 12.2 Å². The maximum absolute atomic E-state index is 11.9. The largest absolute Gasteiger partial charge is 0.463 e. The molecule has 4 unspecified atom stereocenters. The summed E-state index contributed by atoms with van der Waals surface area (Å²) >= 11 is 0. The quantitative estimate of drug-likeness (QED) is 0.349. The van der Waals surface area contributed by atoms with E-state index in [-0.39, 0.29) is 23.6 Å². The van der Waals surface area contributed by atoms with Crippen molar-refractivity contribution in [2.24, 2.45) is 40.4 Å². The molecule has 0 aromatic rings. The van der Waals surface area contributed by atoms with Crippen LogP contribution >= 0.6 is 0 Å². The first-order valence-electron chi connectivity index (χ1n) is 12.4. The van der Waals surface area contributed by atoms with E-state index in [4.69, 9.17) is 8.92 Å². The van der Waals surface area contributed by atoms with E-state index in [0.717, 1.165) is 43.9 Å². The summed E-state index contributed by atoms with van der Waals surface area (Å²) < 4.78 is 35.0. The highest BCUT2D eigenvalue weighted by Crippen LogP contribution is 2.69. The van der Waals surface area contributed by atoms with Gasteiger partial charge in [0, 0.05) is 6.92 Å². The lowest BCUT2D eigenvalue weighted by molar-refractivity contribution is -0.159. The van der Waals surface area contributed by atoms with Gasteiger partial charge in [-0.05, 0) is 105 Å². The van der Waals surface area contributed by atoms with Gasteiger partial charge in [-0.1, -0.05) is 19.1 Å². The molecule has 0 heterocycles. The monoisotopic (exact) mass is 450 g/mol. The minimum atomic E-state index is -3.44. The van der Waals surface area contributed by atoms with Gasteiger partial charge < -0.3 is 4.74 Å². The second-order valence-corrected chi connectivity index (χ2v) is 13.1. The Bertz CT molecular complexity index is 865. The molecule has 5 rings (SSSR count). The van der Waals surface area contributed by atoms with Crippen LogP contribution in [0.2, 0.25) is 0 Å². The van der Waals surface area contributed by atoms with E-state index in [0.29, 0.717) is 23.2 Å². The van der Waals surface area contributed by atoms with Gasteiger partial charge in [0.05, 0.1) is 12.4 Å². The van der Waals surface area contributed by atoms with Crippen LogP contribution in [0.15, 0.2) is 12.2 Å². The Labute approximate surface area is 187 Å². The number of hydrogen-bond acceptors (Lipinski definition) is 5. The summed E-state index contributed by atoms with van der Waals surface area (Å²) in [6.45, 7) is 4.05. The predicted octanol–water partition coefficient (Wildman–Crippen LogP) is 4.86. The third-order valence-corrected chi connectivity index (χ3v) is 10.7. The fraction of sp³-hybridized carbons (Fsp3) is 0.880. The molecule has 6 heteroatoms. The third-order valence-electron chi connectivity index (χ3n) is 10.1. The second-order valence-electron chi connectivity index (χ2n) is 11.5. The Morgan fingerprint density at radius 3 is 2.52 bits per heavy atom. The summed E-state index contributed by atoms with van der Waals surface area (Å²) in [6.07, 6.45) is 16.9. The normalized spacial score (nSPS) is 48.8. The number of ether oxygens (including phenoxy) is 1. The van der Waals surface area contributed by atoms with Crippen molar-refractivity contribution >= 4 is 16.1 Å². The molecule has 174 valence electrons. The highest BCUT2D eigenvalue weighted by Gasteiger charge is 2.62.